The Morgan fingerprint density at radius 1 is 1.50 bits per heavy atom. The van der Waals surface area contributed by atoms with Gasteiger partial charge in [-0.15, -0.1) is 11.3 Å². The van der Waals surface area contributed by atoms with Crippen molar-refractivity contribution >= 4 is 45.0 Å². The number of aromatic nitrogens is 2. The van der Waals surface area contributed by atoms with E-state index in [4.69, 9.17) is 16.2 Å². The molecule has 0 saturated heterocycles. The van der Waals surface area contributed by atoms with Crippen LogP contribution in [-0.2, 0) is 22.6 Å². The smallest absolute Gasteiger partial charge is 0.227 e. The van der Waals surface area contributed by atoms with Crippen molar-refractivity contribution in [3.8, 4) is 0 Å². The van der Waals surface area contributed by atoms with E-state index in [1.807, 2.05) is 0 Å². The molecule has 118 valence electrons. The second-order valence-corrected chi connectivity index (χ2v) is 7.63. The van der Waals surface area contributed by atoms with E-state index in [1.54, 1.807) is 11.3 Å². The van der Waals surface area contributed by atoms with Crippen molar-refractivity contribution in [1.29, 1.82) is 0 Å². The summed E-state index contributed by atoms with van der Waals surface area (Å²) in [4.78, 5) is 21.7. The molecule has 1 aliphatic heterocycles. The van der Waals surface area contributed by atoms with Gasteiger partial charge in [0.2, 0.25) is 5.91 Å². The molecular weight excluding hydrogens is 320 g/mol. The number of nitrogens with zero attached hydrogens (tertiary/aromatic N) is 2. The summed E-state index contributed by atoms with van der Waals surface area (Å²) in [5, 5.41) is 1.42. The Kier molecular flexibility index (Phi) is 4.00. The SMILES string of the molecule is CCC1(C)Cc2c(sc3nc(SCC(N)=O)nc(N)c23)CO1. The summed E-state index contributed by atoms with van der Waals surface area (Å²) >= 11 is 2.79. The zero-order valence-electron chi connectivity index (χ0n) is 12.5. The molecule has 0 aliphatic carbocycles. The van der Waals surface area contributed by atoms with Gasteiger partial charge in [-0.3, -0.25) is 4.79 Å². The van der Waals surface area contributed by atoms with Gasteiger partial charge in [0, 0.05) is 11.3 Å². The van der Waals surface area contributed by atoms with Crippen molar-refractivity contribution in [2.75, 3.05) is 11.5 Å². The third-order valence-electron chi connectivity index (χ3n) is 3.94. The minimum absolute atomic E-state index is 0.146. The molecule has 0 spiro atoms. The fraction of sp³-hybridized carbons (Fsp3) is 0.500. The van der Waals surface area contributed by atoms with E-state index in [2.05, 4.69) is 23.8 Å². The number of nitrogen functional groups attached to an aromatic ring is 1. The molecule has 0 fully saturated rings. The highest BCUT2D eigenvalue weighted by molar-refractivity contribution is 7.99. The maximum atomic E-state index is 10.9. The molecule has 1 amide bonds. The van der Waals surface area contributed by atoms with Crippen molar-refractivity contribution in [2.45, 2.75) is 44.1 Å². The number of fused-ring (bicyclic) bond motifs is 3. The molecule has 1 aliphatic rings. The van der Waals surface area contributed by atoms with E-state index in [0.29, 0.717) is 17.6 Å². The van der Waals surface area contributed by atoms with Crippen LogP contribution in [0.4, 0.5) is 5.82 Å². The molecule has 0 bridgehead atoms. The largest absolute Gasteiger partial charge is 0.383 e. The number of carbonyl (C=O) groups is 1. The Hall–Kier alpha value is -1.38. The average Bonchev–Trinajstić information content (AvgIpc) is 2.83. The van der Waals surface area contributed by atoms with Crippen LogP contribution in [0.1, 0.15) is 30.7 Å². The first-order valence-electron chi connectivity index (χ1n) is 7.04. The first-order chi connectivity index (χ1) is 10.4. The van der Waals surface area contributed by atoms with Crippen LogP contribution in [0, 0.1) is 0 Å². The number of hydrogen-bond acceptors (Lipinski definition) is 7. The fourth-order valence-electron chi connectivity index (χ4n) is 2.51. The summed E-state index contributed by atoms with van der Waals surface area (Å²) in [7, 11) is 0. The summed E-state index contributed by atoms with van der Waals surface area (Å²) in [6, 6.07) is 0. The van der Waals surface area contributed by atoms with Crippen LogP contribution in [-0.4, -0.2) is 27.2 Å². The van der Waals surface area contributed by atoms with E-state index < -0.39 is 5.91 Å². The van der Waals surface area contributed by atoms with Crippen molar-refractivity contribution in [3.05, 3.63) is 10.4 Å². The van der Waals surface area contributed by atoms with E-state index in [0.717, 1.165) is 23.1 Å². The highest BCUT2D eigenvalue weighted by Gasteiger charge is 2.32. The highest BCUT2D eigenvalue weighted by Crippen LogP contribution is 2.41. The van der Waals surface area contributed by atoms with Crippen molar-refractivity contribution in [2.24, 2.45) is 5.73 Å². The summed E-state index contributed by atoms with van der Waals surface area (Å²) in [5.41, 5.74) is 12.4. The van der Waals surface area contributed by atoms with Crippen molar-refractivity contribution in [3.63, 3.8) is 0 Å². The van der Waals surface area contributed by atoms with E-state index in [1.165, 1.54) is 22.2 Å². The average molecular weight is 338 g/mol. The van der Waals surface area contributed by atoms with Crippen LogP contribution in [0.3, 0.4) is 0 Å². The van der Waals surface area contributed by atoms with Gasteiger partial charge in [0.15, 0.2) is 5.16 Å². The zero-order valence-corrected chi connectivity index (χ0v) is 14.1. The Bertz CT molecular complexity index is 746. The number of thioether (sulfide) groups is 1. The van der Waals surface area contributed by atoms with Gasteiger partial charge in [0.05, 0.1) is 23.3 Å². The van der Waals surface area contributed by atoms with Gasteiger partial charge in [-0.2, -0.15) is 0 Å². The van der Waals surface area contributed by atoms with E-state index in [9.17, 15) is 4.79 Å². The van der Waals surface area contributed by atoms with Gasteiger partial charge in [-0.25, -0.2) is 9.97 Å². The molecule has 0 aromatic carbocycles. The van der Waals surface area contributed by atoms with E-state index in [-0.39, 0.29) is 11.4 Å². The van der Waals surface area contributed by atoms with Gasteiger partial charge in [0.25, 0.3) is 0 Å². The zero-order chi connectivity index (χ0) is 15.9. The molecule has 8 heteroatoms. The number of nitrogens with two attached hydrogens (primary N) is 2. The molecular formula is C14H18N4O2S2. The van der Waals surface area contributed by atoms with Crippen molar-refractivity contribution < 1.29 is 9.53 Å². The first kappa shape index (κ1) is 15.5. The molecule has 4 N–H and O–H groups in total. The molecule has 3 rings (SSSR count). The lowest BCUT2D eigenvalue weighted by atomic mass is 9.90. The van der Waals surface area contributed by atoms with Crippen LogP contribution in [0.2, 0.25) is 0 Å². The maximum Gasteiger partial charge on any atom is 0.227 e. The molecule has 1 atom stereocenters. The number of rotatable bonds is 4. The topological polar surface area (TPSA) is 104 Å². The lowest BCUT2D eigenvalue weighted by Gasteiger charge is -2.33. The number of hydrogen-bond donors (Lipinski definition) is 2. The van der Waals surface area contributed by atoms with Crippen LogP contribution in [0.25, 0.3) is 10.2 Å². The Labute approximate surface area is 136 Å². The minimum atomic E-state index is -0.398. The third kappa shape index (κ3) is 2.78. The van der Waals surface area contributed by atoms with Crippen LogP contribution >= 0.6 is 23.1 Å². The third-order valence-corrected chi connectivity index (χ3v) is 5.90. The number of ether oxygens (including phenoxy) is 1. The summed E-state index contributed by atoms with van der Waals surface area (Å²) in [6.45, 7) is 4.83. The Balaban J connectivity index is 2.02. The Morgan fingerprint density at radius 3 is 2.95 bits per heavy atom. The number of thiophene rings is 1. The number of amides is 1. The van der Waals surface area contributed by atoms with Crippen molar-refractivity contribution in [1.82, 2.24) is 9.97 Å². The monoisotopic (exact) mass is 338 g/mol. The molecule has 1 unspecified atom stereocenters. The number of carbonyl (C=O) groups excluding carboxylic acids is 1. The molecule has 0 radical (unpaired) electrons. The van der Waals surface area contributed by atoms with Gasteiger partial charge < -0.3 is 16.2 Å². The predicted octanol–water partition coefficient (Wildman–Crippen LogP) is 2.09. The van der Waals surface area contributed by atoms with Crippen LogP contribution < -0.4 is 11.5 Å². The van der Waals surface area contributed by atoms with Crippen LogP contribution in [0.15, 0.2) is 5.16 Å². The molecule has 6 nitrogen and oxygen atoms in total. The van der Waals surface area contributed by atoms with E-state index >= 15 is 0 Å². The van der Waals surface area contributed by atoms with Gasteiger partial charge in [-0.05, 0) is 18.9 Å². The molecule has 2 aromatic heterocycles. The summed E-state index contributed by atoms with van der Waals surface area (Å²) < 4.78 is 5.97. The highest BCUT2D eigenvalue weighted by atomic mass is 32.2. The fourth-order valence-corrected chi connectivity index (χ4v) is 4.27. The standard InChI is InChI=1S/C14H18N4O2S2/c1-3-14(2)4-7-8(5-20-14)22-12-10(7)11(16)17-13(18-12)21-6-9(15)19/h3-6H2,1-2H3,(H2,15,19)(H2,16,17,18). The first-order valence-corrected chi connectivity index (χ1v) is 8.85. The van der Waals surface area contributed by atoms with Gasteiger partial charge in [-0.1, -0.05) is 18.7 Å². The van der Waals surface area contributed by atoms with Gasteiger partial charge in [0.1, 0.15) is 10.6 Å². The minimum Gasteiger partial charge on any atom is -0.383 e. The maximum absolute atomic E-state index is 10.9. The quantitative estimate of drug-likeness (QED) is 0.653. The molecule has 22 heavy (non-hydrogen) atoms. The van der Waals surface area contributed by atoms with Gasteiger partial charge >= 0.3 is 0 Å². The lowest BCUT2D eigenvalue weighted by Crippen LogP contribution is -2.33. The normalized spacial score (nSPS) is 21.0. The lowest BCUT2D eigenvalue weighted by molar-refractivity contribution is -0.115. The second kappa shape index (κ2) is 5.68. The Morgan fingerprint density at radius 2 is 2.27 bits per heavy atom. The summed E-state index contributed by atoms with van der Waals surface area (Å²) in [6.07, 6.45) is 1.76. The molecule has 0 saturated carbocycles. The number of primary amides is 1. The van der Waals surface area contributed by atoms with Crippen LogP contribution in [0.5, 0.6) is 0 Å². The number of anilines is 1. The second-order valence-electron chi connectivity index (χ2n) is 5.60. The summed E-state index contributed by atoms with van der Waals surface area (Å²) in [5.74, 6) is 0.215. The molecule has 2 aromatic rings. The predicted molar refractivity (Wildman–Crippen MR) is 88.9 cm³/mol. The molecule has 3 heterocycles.